The van der Waals surface area contributed by atoms with Gasteiger partial charge in [0.05, 0.1) is 24.8 Å². The molecule has 1 aliphatic heterocycles. The van der Waals surface area contributed by atoms with Gasteiger partial charge < -0.3 is 9.30 Å². The predicted octanol–water partition coefficient (Wildman–Crippen LogP) is 4.94. The summed E-state index contributed by atoms with van der Waals surface area (Å²) in [6.45, 7) is 4.58. The van der Waals surface area contributed by atoms with E-state index in [9.17, 15) is 8.78 Å². The second-order valence-electron chi connectivity index (χ2n) is 8.40. The molecule has 0 bridgehead atoms. The van der Waals surface area contributed by atoms with E-state index in [2.05, 4.69) is 15.1 Å². The third-order valence-electron chi connectivity index (χ3n) is 5.98. The molecule has 0 radical (unpaired) electrons. The van der Waals surface area contributed by atoms with Crippen LogP contribution in [0.1, 0.15) is 54.3 Å². The van der Waals surface area contributed by atoms with Crippen LogP contribution in [0.25, 0.3) is 17.3 Å². The SMILES string of the molecule is COc1nc(C=C(C)c2nc3n(n2)CCC[C@H]3c2ccc(F)c(F)c2)ccc1-n1cnc(C)c1. The number of imidazole rings is 1. The number of halogens is 2. The van der Waals surface area contributed by atoms with Gasteiger partial charge in [-0.15, -0.1) is 0 Å². The van der Waals surface area contributed by atoms with Crippen molar-refractivity contribution in [2.45, 2.75) is 39.2 Å². The summed E-state index contributed by atoms with van der Waals surface area (Å²) < 4.78 is 36.5. The summed E-state index contributed by atoms with van der Waals surface area (Å²) in [5, 5.41) is 4.67. The summed E-state index contributed by atoms with van der Waals surface area (Å²) in [5.74, 6) is -0.00297. The average Bonchev–Trinajstić information content (AvgIpc) is 3.47. The molecule has 5 rings (SSSR count). The Kier molecular flexibility index (Phi) is 5.69. The monoisotopic (exact) mass is 462 g/mol. The third kappa shape index (κ3) is 4.09. The molecule has 4 heterocycles. The maximum Gasteiger partial charge on any atom is 0.238 e. The van der Waals surface area contributed by atoms with Crippen LogP contribution in [0.2, 0.25) is 0 Å². The zero-order valence-electron chi connectivity index (χ0n) is 19.2. The van der Waals surface area contributed by atoms with Crippen LogP contribution in [0.5, 0.6) is 5.88 Å². The molecule has 0 amide bonds. The molecule has 34 heavy (non-hydrogen) atoms. The van der Waals surface area contributed by atoms with E-state index in [1.54, 1.807) is 19.5 Å². The summed E-state index contributed by atoms with van der Waals surface area (Å²) in [4.78, 5) is 13.6. The number of allylic oxidation sites excluding steroid dienone is 1. The maximum atomic E-state index is 13.8. The molecule has 0 unspecified atom stereocenters. The standard InChI is InChI=1S/C25H24F2N6O/c1-15(11-18-7-9-22(25(29-18)34-3)32-13-16(2)28-14-32)23-30-24-19(5-4-10-33(24)31-23)17-6-8-20(26)21(27)12-17/h6-9,11-14,19H,4-5,10H2,1-3H3/t19-/m0/s1. The minimum Gasteiger partial charge on any atom is -0.479 e. The number of ether oxygens (including phenoxy) is 1. The molecule has 0 aliphatic carbocycles. The van der Waals surface area contributed by atoms with Gasteiger partial charge in [-0.25, -0.2) is 28.4 Å². The molecular weight excluding hydrogens is 438 g/mol. The number of hydrogen-bond acceptors (Lipinski definition) is 5. The molecule has 0 saturated heterocycles. The van der Waals surface area contributed by atoms with Crippen molar-refractivity contribution in [2.24, 2.45) is 0 Å². The van der Waals surface area contributed by atoms with Crippen molar-refractivity contribution >= 4 is 11.6 Å². The maximum absolute atomic E-state index is 13.8. The molecule has 0 fully saturated rings. The van der Waals surface area contributed by atoms with Crippen LogP contribution in [-0.2, 0) is 6.54 Å². The molecule has 1 aliphatic rings. The van der Waals surface area contributed by atoms with E-state index >= 15 is 0 Å². The van der Waals surface area contributed by atoms with Gasteiger partial charge in [-0.1, -0.05) is 6.07 Å². The Balaban J connectivity index is 1.45. The van der Waals surface area contributed by atoms with E-state index in [4.69, 9.17) is 9.72 Å². The van der Waals surface area contributed by atoms with Gasteiger partial charge in [0.1, 0.15) is 11.5 Å². The number of methoxy groups -OCH3 is 1. The highest BCUT2D eigenvalue weighted by molar-refractivity contribution is 5.76. The summed E-state index contributed by atoms with van der Waals surface area (Å²) in [5.41, 5.74) is 3.95. The first kappa shape index (κ1) is 21.9. The molecule has 0 saturated carbocycles. The van der Waals surface area contributed by atoms with Crippen LogP contribution in [0.3, 0.4) is 0 Å². The van der Waals surface area contributed by atoms with E-state index in [0.717, 1.165) is 42.2 Å². The minimum absolute atomic E-state index is 0.131. The first-order valence-electron chi connectivity index (χ1n) is 11.1. The van der Waals surface area contributed by atoms with E-state index in [1.165, 1.54) is 12.1 Å². The summed E-state index contributed by atoms with van der Waals surface area (Å²) in [6.07, 6.45) is 7.22. The number of pyridine rings is 1. The highest BCUT2D eigenvalue weighted by atomic mass is 19.2. The van der Waals surface area contributed by atoms with Crippen molar-refractivity contribution in [1.29, 1.82) is 0 Å². The Hall–Kier alpha value is -3.88. The Morgan fingerprint density at radius 2 is 2.00 bits per heavy atom. The molecule has 3 aromatic heterocycles. The van der Waals surface area contributed by atoms with Crippen molar-refractivity contribution < 1.29 is 13.5 Å². The van der Waals surface area contributed by atoms with Gasteiger partial charge in [0, 0.05) is 18.7 Å². The number of hydrogen-bond donors (Lipinski definition) is 0. The molecule has 0 spiro atoms. The van der Waals surface area contributed by atoms with E-state index in [0.29, 0.717) is 23.0 Å². The van der Waals surface area contributed by atoms with E-state index < -0.39 is 11.6 Å². The van der Waals surface area contributed by atoms with Crippen LogP contribution in [0.15, 0.2) is 42.9 Å². The van der Waals surface area contributed by atoms with E-state index in [1.807, 2.05) is 47.5 Å². The van der Waals surface area contributed by atoms with Crippen molar-refractivity contribution in [1.82, 2.24) is 29.3 Å². The number of benzene rings is 1. The lowest BCUT2D eigenvalue weighted by Gasteiger charge is -2.22. The third-order valence-corrected chi connectivity index (χ3v) is 5.98. The molecule has 7 nitrogen and oxygen atoms in total. The number of aromatic nitrogens is 6. The smallest absolute Gasteiger partial charge is 0.238 e. The number of fused-ring (bicyclic) bond motifs is 1. The van der Waals surface area contributed by atoms with E-state index in [-0.39, 0.29) is 5.92 Å². The molecule has 174 valence electrons. The summed E-state index contributed by atoms with van der Waals surface area (Å²) in [6, 6.07) is 7.87. The Bertz CT molecular complexity index is 1390. The fourth-order valence-corrected chi connectivity index (χ4v) is 4.28. The fourth-order valence-electron chi connectivity index (χ4n) is 4.28. The van der Waals surface area contributed by atoms with Gasteiger partial charge in [0.15, 0.2) is 17.5 Å². The first-order chi connectivity index (χ1) is 16.4. The molecular formula is C25H24F2N6O. The van der Waals surface area contributed by atoms with Gasteiger partial charge in [0.2, 0.25) is 5.88 Å². The lowest BCUT2D eigenvalue weighted by atomic mass is 9.91. The Labute approximate surface area is 195 Å². The molecule has 1 aromatic carbocycles. The topological polar surface area (TPSA) is 70.7 Å². The van der Waals surface area contributed by atoms with Gasteiger partial charge in [-0.2, -0.15) is 5.10 Å². The summed E-state index contributed by atoms with van der Waals surface area (Å²) in [7, 11) is 1.58. The Morgan fingerprint density at radius 1 is 1.15 bits per heavy atom. The van der Waals surface area contributed by atoms with Gasteiger partial charge >= 0.3 is 0 Å². The lowest BCUT2D eigenvalue weighted by molar-refractivity contribution is 0.395. The van der Waals surface area contributed by atoms with Crippen molar-refractivity contribution in [3.05, 3.63) is 83.1 Å². The first-order valence-corrected chi connectivity index (χ1v) is 11.1. The van der Waals surface area contributed by atoms with Crippen LogP contribution >= 0.6 is 0 Å². The zero-order chi connectivity index (χ0) is 23.8. The number of nitrogens with zero attached hydrogens (tertiary/aromatic N) is 6. The molecule has 0 N–H and O–H groups in total. The normalized spacial score (nSPS) is 15.9. The Morgan fingerprint density at radius 3 is 2.74 bits per heavy atom. The van der Waals surface area contributed by atoms with Crippen molar-refractivity contribution in [3.8, 4) is 11.6 Å². The lowest BCUT2D eigenvalue weighted by Crippen LogP contribution is -2.18. The van der Waals surface area contributed by atoms with Gasteiger partial charge in [-0.05, 0) is 68.2 Å². The number of aryl methyl sites for hydroxylation is 2. The highest BCUT2D eigenvalue weighted by Gasteiger charge is 2.27. The second kappa shape index (κ2) is 8.81. The quantitative estimate of drug-likeness (QED) is 0.420. The van der Waals surface area contributed by atoms with Crippen molar-refractivity contribution in [2.75, 3.05) is 7.11 Å². The van der Waals surface area contributed by atoms with Crippen molar-refractivity contribution in [3.63, 3.8) is 0 Å². The molecule has 1 atom stereocenters. The minimum atomic E-state index is -0.849. The average molecular weight is 463 g/mol. The second-order valence-corrected chi connectivity index (χ2v) is 8.40. The van der Waals surface area contributed by atoms with Crippen LogP contribution in [0.4, 0.5) is 8.78 Å². The van der Waals surface area contributed by atoms with Crippen LogP contribution in [-0.4, -0.2) is 36.4 Å². The molecule has 4 aromatic rings. The predicted molar refractivity (Wildman–Crippen MR) is 124 cm³/mol. The largest absolute Gasteiger partial charge is 0.479 e. The van der Waals surface area contributed by atoms with Crippen LogP contribution < -0.4 is 4.74 Å². The highest BCUT2D eigenvalue weighted by Crippen LogP contribution is 2.33. The summed E-state index contributed by atoms with van der Waals surface area (Å²) >= 11 is 0. The van der Waals surface area contributed by atoms with Gasteiger partial charge in [-0.3, -0.25) is 0 Å². The molecule has 9 heteroatoms. The fraction of sp³-hybridized carbons (Fsp3) is 0.280. The van der Waals surface area contributed by atoms with Gasteiger partial charge in [0.25, 0.3) is 0 Å². The van der Waals surface area contributed by atoms with Crippen LogP contribution in [0, 0.1) is 18.6 Å². The zero-order valence-corrected chi connectivity index (χ0v) is 19.2. The number of rotatable bonds is 5.